The minimum atomic E-state index is -0.604. The van der Waals surface area contributed by atoms with Gasteiger partial charge in [-0.25, -0.2) is 4.79 Å². The summed E-state index contributed by atoms with van der Waals surface area (Å²) in [6, 6.07) is 13.1. The number of carbonyl (C=O) groups excluding carboxylic acids is 2. The smallest absolute Gasteiger partial charge is 0.344 e. The van der Waals surface area contributed by atoms with E-state index < -0.39 is 5.97 Å². The summed E-state index contributed by atoms with van der Waals surface area (Å²) in [4.78, 5) is 28.2. The summed E-state index contributed by atoms with van der Waals surface area (Å²) >= 11 is 5.97. The summed E-state index contributed by atoms with van der Waals surface area (Å²) in [5.41, 5.74) is 3.73. The second-order valence-electron chi connectivity index (χ2n) is 6.97. The largest absolute Gasteiger partial charge is 0.480 e. The summed E-state index contributed by atoms with van der Waals surface area (Å²) in [6.07, 6.45) is 0. The number of rotatable bonds is 6. The number of esters is 1. The molecular weight excluding hydrogens is 392 g/mol. The van der Waals surface area contributed by atoms with Crippen molar-refractivity contribution in [2.75, 3.05) is 44.3 Å². The maximum atomic E-state index is 12.4. The maximum Gasteiger partial charge on any atom is 0.344 e. The first-order valence-corrected chi connectivity index (χ1v) is 9.95. The van der Waals surface area contributed by atoms with Gasteiger partial charge in [-0.3, -0.25) is 4.79 Å². The number of amides is 1. The van der Waals surface area contributed by atoms with E-state index >= 15 is 0 Å². The van der Waals surface area contributed by atoms with Crippen molar-refractivity contribution in [3.63, 3.8) is 0 Å². The molecule has 1 fully saturated rings. The highest BCUT2D eigenvalue weighted by Crippen LogP contribution is 2.24. The standard InChI is InChI=1S/C22H25ClN2O4/c1-16-6-5-8-19(17(16)2)24-10-12-25(13-11-24)21(26)14-29-22(27)15-28-20-9-4-3-7-18(20)23/h3-9H,10-15H2,1-2H3. The van der Waals surface area contributed by atoms with Crippen LogP contribution in [0.5, 0.6) is 5.75 Å². The molecule has 0 aromatic heterocycles. The van der Waals surface area contributed by atoms with E-state index in [1.165, 1.54) is 16.8 Å². The van der Waals surface area contributed by atoms with Gasteiger partial charge < -0.3 is 19.3 Å². The lowest BCUT2D eigenvalue weighted by Crippen LogP contribution is -2.50. The number of halogens is 1. The Hall–Kier alpha value is -2.73. The van der Waals surface area contributed by atoms with Crippen LogP contribution in [-0.4, -0.2) is 56.2 Å². The first-order chi connectivity index (χ1) is 14.0. The zero-order chi connectivity index (χ0) is 20.8. The van der Waals surface area contributed by atoms with Gasteiger partial charge in [0.2, 0.25) is 0 Å². The molecule has 7 heteroatoms. The van der Waals surface area contributed by atoms with Crippen LogP contribution in [0.15, 0.2) is 42.5 Å². The number of piperazine rings is 1. The third-order valence-electron chi connectivity index (χ3n) is 5.09. The average molecular weight is 417 g/mol. The Kier molecular flexibility index (Phi) is 6.99. The lowest BCUT2D eigenvalue weighted by molar-refractivity contribution is -0.153. The van der Waals surface area contributed by atoms with Gasteiger partial charge in [0.05, 0.1) is 5.02 Å². The van der Waals surface area contributed by atoms with Gasteiger partial charge in [-0.1, -0.05) is 35.9 Å². The molecule has 1 aliphatic heterocycles. The van der Waals surface area contributed by atoms with Crippen molar-refractivity contribution >= 4 is 29.2 Å². The minimum Gasteiger partial charge on any atom is -0.480 e. The van der Waals surface area contributed by atoms with Gasteiger partial charge in [0, 0.05) is 31.9 Å². The summed E-state index contributed by atoms with van der Waals surface area (Å²) in [6.45, 7) is 6.33. The Morgan fingerprint density at radius 3 is 2.41 bits per heavy atom. The fourth-order valence-electron chi connectivity index (χ4n) is 3.25. The summed E-state index contributed by atoms with van der Waals surface area (Å²) < 4.78 is 10.4. The van der Waals surface area contributed by atoms with Crippen molar-refractivity contribution in [1.29, 1.82) is 0 Å². The first kappa shape index (κ1) is 21.0. The lowest BCUT2D eigenvalue weighted by atomic mass is 10.1. The van der Waals surface area contributed by atoms with E-state index in [1.54, 1.807) is 29.2 Å². The van der Waals surface area contributed by atoms with E-state index in [0.29, 0.717) is 23.9 Å². The van der Waals surface area contributed by atoms with E-state index in [9.17, 15) is 9.59 Å². The molecule has 0 N–H and O–H groups in total. The number of aryl methyl sites for hydroxylation is 1. The SMILES string of the molecule is Cc1cccc(N2CCN(C(=O)COC(=O)COc3ccccc3Cl)CC2)c1C. The average Bonchev–Trinajstić information content (AvgIpc) is 2.73. The highest BCUT2D eigenvalue weighted by atomic mass is 35.5. The molecule has 2 aromatic carbocycles. The number of para-hydroxylation sites is 1. The monoisotopic (exact) mass is 416 g/mol. The molecule has 0 spiro atoms. The van der Waals surface area contributed by atoms with E-state index in [0.717, 1.165) is 13.1 Å². The number of hydrogen-bond donors (Lipinski definition) is 0. The molecule has 6 nitrogen and oxygen atoms in total. The Labute approximate surface area is 176 Å². The van der Waals surface area contributed by atoms with Gasteiger partial charge in [-0.05, 0) is 43.2 Å². The maximum absolute atomic E-state index is 12.4. The predicted octanol–water partition coefficient (Wildman–Crippen LogP) is 3.23. The molecule has 154 valence electrons. The van der Waals surface area contributed by atoms with Crippen LogP contribution in [0.25, 0.3) is 0 Å². The summed E-state index contributed by atoms with van der Waals surface area (Å²) in [5, 5.41) is 0.415. The van der Waals surface area contributed by atoms with Crippen molar-refractivity contribution in [3.05, 3.63) is 58.6 Å². The van der Waals surface area contributed by atoms with E-state index in [-0.39, 0.29) is 19.1 Å². The molecule has 1 heterocycles. The van der Waals surface area contributed by atoms with Crippen LogP contribution < -0.4 is 9.64 Å². The zero-order valence-corrected chi connectivity index (χ0v) is 17.4. The fraction of sp³-hybridized carbons (Fsp3) is 0.364. The molecule has 1 aliphatic rings. The number of ether oxygens (including phenoxy) is 2. The third-order valence-corrected chi connectivity index (χ3v) is 5.40. The fourth-order valence-corrected chi connectivity index (χ4v) is 3.44. The van der Waals surface area contributed by atoms with Crippen LogP contribution in [0.1, 0.15) is 11.1 Å². The number of hydrogen-bond acceptors (Lipinski definition) is 5. The van der Waals surface area contributed by atoms with E-state index in [2.05, 4.69) is 36.9 Å². The number of carbonyl (C=O) groups is 2. The molecule has 1 amide bonds. The van der Waals surface area contributed by atoms with Gasteiger partial charge in [0.25, 0.3) is 5.91 Å². The van der Waals surface area contributed by atoms with Gasteiger partial charge in [-0.15, -0.1) is 0 Å². The summed E-state index contributed by atoms with van der Waals surface area (Å²) in [5.74, 6) is -0.399. The second kappa shape index (κ2) is 9.65. The molecule has 1 saturated heterocycles. The molecule has 0 aliphatic carbocycles. The molecule has 0 unspecified atom stereocenters. The molecule has 0 atom stereocenters. The van der Waals surface area contributed by atoms with E-state index in [4.69, 9.17) is 21.1 Å². The topological polar surface area (TPSA) is 59.1 Å². The van der Waals surface area contributed by atoms with Crippen molar-refractivity contribution < 1.29 is 19.1 Å². The Morgan fingerprint density at radius 2 is 1.69 bits per heavy atom. The highest BCUT2D eigenvalue weighted by Gasteiger charge is 2.23. The van der Waals surface area contributed by atoms with Crippen LogP contribution in [0.4, 0.5) is 5.69 Å². The first-order valence-electron chi connectivity index (χ1n) is 9.57. The summed E-state index contributed by atoms with van der Waals surface area (Å²) in [7, 11) is 0. The lowest BCUT2D eigenvalue weighted by Gasteiger charge is -2.37. The van der Waals surface area contributed by atoms with E-state index in [1.807, 2.05) is 0 Å². The highest BCUT2D eigenvalue weighted by molar-refractivity contribution is 6.32. The van der Waals surface area contributed by atoms with Crippen molar-refractivity contribution in [1.82, 2.24) is 4.90 Å². The molecule has 0 bridgehead atoms. The van der Waals surface area contributed by atoms with Crippen LogP contribution in [0.3, 0.4) is 0 Å². The normalized spacial score (nSPS) is 13.9. The quantitative estimate of drug-likeness (QED) is 0.677. The number of nitrogens with zero attached hydrogens (tertiary/aromatic N) is 2. The minimum absolute atomic E-state index is 0.197. The second-order valence-corrected chi connectivity index (χ2v) is 7.37. The van der Waals surface area contributed by atoms with Crippen LogP contribution in [0, 0.1) is 13.8 Å². The van der Waals surface area contributed by atoms with Crippen LogP contribution >= 0.6 is 11.6 Å². The molecule has 0 saturated carbocycles. The predicted molar refractivity (Wildman–Crippen MR) is 113 cm³/mol. The zero-order valence-electron chi connectivity index (χ0n) is 16.7. The number of anilines is 1. The molecule has 3 rings (SSSR count). The molecule has 0 radical (unpaired) electrons. The Morgan fingerprint density at radius 1 is 0.966 bits per heavy atom. The van der Waals surface area contributed by atoms with Gasteiger partial charge in [0.15, 0.2) is 13.2 Å². The van der Waals surface area contributed by atoms with Crippen molar-refractivity contribution in [2.45, 2.75) is 13.8 Å². The van der Waals surface area contributed by atoms with Crippen LogP contribution in [-0.2, 0) is 14.3 Å². The van der Waals surface area contributed by atoms with Gasteiger partial charge in [-0.2, -0.15) is 0 Å². The third kappa shape index (κ3) is 5.41. The molecular formula is C22H25ClN2O4. The number of benzene rings is 2. The van der Waals surface area contributed by atoms with Crippen molar-refractivity contribution in [3.8, 4) is 5.75 Å². The van der Waals surface area contributed by atoms with Crippen molar-refractivity contribution in [2.24, 2.45) is 0 Å². The van der Waals surface area contributed by atoms with Gasteiger partial charge >= 0.3 is 5.97 Å². The Bertz CT molecular complexity index is 879. The van der Waals surface area contributed by atoms with Gasteiger partial charge in [0.1, 0.15) is 5.75 Å². The molecule has 2 aromatic rings. The van der Waals surface area contributed by atoms with Crippen LogP contribution in [0.2, 0.25) is 5.02 Å². The molecule has 29 heavy (non-hydrogen) atoms. The Balaban J connectivity index is 1.42.